The Balaban J connectivity index is 1.40. The molecular formula is C24H28FN7O2. The molecule has 0 saturated heterocycles. The molecule has 0 aliphatic carbocycles. The number of fused-ring (bicyclic) bond motifs is 1. The Kier molecular flexibility index (Phi) is 7.56. The fourth-order valence-corrected chi connectivity index (χ4v) is 4.03. The first-order chi connectivity index (χ1) is 16.5. The van der Waals surface area contributed by atoms with Crippen LogP contribution < -0.4 is 15.4 Å². The van der Waals surface area contributed by atoms with E-state index in [1.165, 1.54) is 6.07 Å². The van der Waals surface area contributed by atoms with E-state index >= 15 is 0 Å². The lowest BCUT2D eigenvalue weighted by Crippen LogP contribution is -2.35. The average molecular weight is 466 g/mol. The van der Waals surface area contributed by atoms with Gasteiger partial charge in [0.05, 0.1) is 18.3 Å². The Morgan fingerprint density at radius 1 is 1.12 bits per heavy atom. The van der Waals surface area contributed by atoms with E-state index < -0.39 is 5.95 Å². The zero-order chi connectivity index (χ0) is 23.9. The predicted molar refractivity (Wildman–Crippen MR) is 124 cm³/mol. The van der Waals surface area contributed by atoms with Crippen molar-refractivity contribution in [2.24, 2.45) is 5.73 Å². The third-order valence-corrected chi connectivity index (χ3v) is 5.81. The zero-order valence-electron chi connectivity index (χ0n) is 19.2. The zero-order valence-corrected chi connectivity index (χ0v) is 19.2. The van der Waals surface area contributed by atoms with Crippen LogP contribution in [-0.2, 0) is 11.2 Å². The van der Waals surface area contributed by atoms with Crippen molar-refractivity contribution in [1.29, 1.82) is 0 Å². The molecule has 4 rings (SSSR count). The maximum Gasteiger partial charge on any atom is 0.218 e. The molecule has 178 valence electrons. The SMILES string of the molecule is CC1c2cnc(-c3ncccn3)nc2CCN1c1cc(OCCCCCCC(N)=O)cc(F)n1. The van der Waals surface area contributed by atoms with Crippen molar-refractivity contribution in [2.75, 3.05) is 18.1 Å². The molecular weight excluding hydrogens is 437 g/mol. The van der Waals surface area contributed by atoms with Crippen LogP contribution in [0, 0.1) is 5.95 Å². The topological polar surface area (TPSA) is 120 Å². The van der Waals surface area contributed by atoms with E-state index in [2.05, 4.69) is 24.9 Å². The smallest absolute Gasteiger partial charge is 0.218 e. The van der Waals surface area contributed by atoms with Crippen LogP contribution in [0.2, 0.25) is 0 Å². The lowest BCUT2D eigenvalue weighted by molar-refractivity contribution is -0.118. The molecule has 0 fully saturated rings. The first-order valence-corrected chi connectivity index (χ1v) is 11.5. The summed E-state index contributed by atoms with van der Waals surface area (Å²) < 4.78 is 20.1. The number of halogens is 1. The highest BCUT2D eigenvalue weighted by molar-refractivity contribution is 5.73. The molecule has 1 aliphatic heterocycles. The van der Waals surface area contributed by atoms with E-state index in [1.807, 2.05) is 11.8 Å². The van der Waals surface area contributed by atoms with Crippen molar-refractivity contribution in [2.45, 2.75) is 51.5 Å². The van der Waals surface area contributed by atoms with E-state index in [9.17, 15) is 9.18 Å². The summed E-state index contributed by atoms with van der Waals surface area (Å²) in [5.74, 6) is 1.09. The van der Waals surface area contributed by atoms with Crippen LogP contribution in [0.15, 0.2) is 36.8 Å². The summed E-state index contributed by atoms with van der Waals surface area (Å²) in [5.41, 5.74) is 7.05. The molecule has 9 nitrogen and oxygen atoms in total. The Labute approximate surface area is 197 Å². The second kappa shape index (κ2) is 11.0. The minimum absolute atomic E-state index is 0.0816. The standard InChI is InChI=1S/C24H28FN7O2/c1-16-18-15-29-24(23-27-9-6-10-28-23)30-19(18)8-11-32(16)22-14-17(13-20(25)31-22)34-12-5-3-2-4-7-21(26)33/h6,9-10,13-16H,2-5,7-8,11-12H2,1H3,(H2,26,33). The van der Waals surface area contributed by atoms with Crippen LogP contribution in [0.25, 0.3) is 11.6 Å². The Morgan fingerprint density at radius 2 is 1.91 bits per heavy atom. The van der Waals surface area contributed by atoms with Gasteiger partial charge in [-0.3, -0.25) is 4.79 Å². The van der Waals surface area contributed by atoms with Crippen LogP contribution >= 0.6 is 0 Å². The molecule has 0 spiro atoms. The predicted octanol–water partition coefficient (Wildman–Crippen LogP) is 3.41. The van der Waals surface area contributed by atoms with E-state index in [-0.39, 0.29) is 11.9 Å². The average Bonchev–Trinajstić information content (AvgIpc) is 2.83. The molecule has 0 bridgehead atoms. The molecule has 0 aromatic carbocycles. The Hall–Kier alpha value is -3.69. The molecule has 10 heteroatoms. The van der Waals surface area contributed by atoms with Crippen LogP contribution in [0.3, 0.4) is 0 Å². The summed E-state index contributed by atoms with van der Waals surface area (Å²) in [6.45, 7) is 3.13. The van der Waals surface area contributed by atoms with E-state index in [1.54, 1.807) is 30.7 Å². The van der Waals surface area contributed by atoms with E-state index in [4.69, 9.17) is 10.5 Å². The number of amides is 1. The van der Waals surface area contributed by atoms with Gasteiger partial charge in [-0.1, -0.05) is 12.8 Å². The number of pyridine rings is 1. The first-order valence-electron chi connectivity index (χ1n) is 11.5. The van der Waals surface area contributed by atoms with Gasteiger partial charge in [0.25, 0.3) is 0 Å². The number of carbonyl (C=O) groups excluding carboxylic acids is 1. The molecule has 1 atom stereocenters. The number of ether oxygens (including phenoxy) is 1. The van der Waals surface area contributed by atoms with E-state index in [0.29, 0.717) is 49.2 Å². The van der Waals surface area contributed by atoms with Gasteiger partial charge in [-0.25, -0.2) is 24.9 Å². The summed E-state index contributed by atoms with van der Waals surface area (Å²) >= 11 is 0. The van der Waals surface area contributed by atoms with E-state index in [0.717, 1.165) is 36.9 Å². The van der Waals surface area contributed by atoms with Crippen LogP contribution in [0.1, 0.15) is 56.3 Å². The molecule has 2 N–H and O–H groups in total. The minimum atomic E-state index is -0.584. The van der Waals surface area contributed by atoms with Gasteiger partial charge in [0.2, 0.25) is 11.9 Å². The monoisotopic (exact) mass is 465 g/mol. The second-order valence-electron chi connectivity index (χ2n) is 8.25. The number of rotatable bonds is 10. The maximum absolute atomic E-state index is 14.3. The third kappa shape index (κ3) is 5.81. The van der Waals surface area contributed by atoms with Crippen molar-refractivity contribution < 1.29 is 13.9 Å². The van der Waals surface area contributed by atoms with Gasteiger partial charge in [0.1, 0.15) is 11.6 Å². The molecule has 1 unspecified atom stereocenters. The van der Waals surface area contributed by atoms with Crippen molar-refractivity contribution in [3.8, 4) is 17.4 Å². The van der Waals surface area contributed by atoms with Crippen molar-refractivity contribution in [3.63, 3.8) is 0 Å². The summed E-state index contributed by atoms with van der Waals surface area (Å²) in [7, 11) is 0. The van der Waals surface area contributed by atoms with Crippen molar-refractivity contribution in [3.05, 3.63) is 54.0 Å². The number of carbonyl (C=O) groups is 1. The van der Waals surface area contributed by atoms with Gasteiger partial charge in [-0.05, 0) is 25.8 Å². The highest BCUT2D eigenvalue weighted by Gasteiger charge is 2.27. The number of nitrogens with two attached hydrogens (primary N) is 1. The summed E-state index contributed by atoms with van der Waals surface area (Å²) in [4.78, 5) is 34.5. The second-order valence-corrected chi connectivity index (χ2v) is 8.25. The van der Waals surface area contributed by atoms with Gasteiger partial charge in [-0.15, -0.1) is 0 Å². The highest BCUT2D eigenvalue weighted by atomic mass is 19.1. The molecule has 4 heterocycles. The molecule has 0 radical (unpaired) electrons. The first kappa shape index (κ1) is 23.5. The van der Waals surface area contributed by atoms with Gasteiger partial charge in [-0.2, -0.15) is 4.39 Å². The lowest BCUT2D eigenvalue weighted by Gasteiger charge is -2.35. The summed E-state index contributed by atoms with van der Waals surface area (Å²) in [5, 5.41) is 0. The Morgan fingerprint density at radius 3 is 2.71 bits per heavy atom. The minimum Gasteiger partial charge on any atom is -0.493 e. The van der Waals surface area contributed by atoms with Crippen LogP contribution in [0.4, 0.5) is 10.2 Å². The number of hydrogen-bond acceptors (Lipinski definition) is 8. The molecule has 1 aliphatic rings. The number of aromatic nitrogens is 5. The Bertz CT molecular complexity index is 1130. The molecule has 0 saturated carbocycles. The third-order valence-electron chi connectivity index (χ3n) is 5.81. The molecule has 34 heavy (non-hydrogen) atoms. The summed E-state index contributed by atoms with van der Waals surface area (Å²) in [6, 6.07) is 4.74. The van der Waals surface area contributed by atoms with Crippen molar-refractivity contribution in [1.82, 2.24) is 24.9 Å². The molecule has 3 aromatic rings. The van der Waals surface area contributed by atoms with Gasteiger partial charge in [0, 0.05) is 55.7 Å². The van der Waals surface area contributed by atoms with Gasteiger partial charge in [0.15, 0.2) is 11.6 Å². The summed E-state index contributed by atoms with van der Waals surface area (Å²) in [6.07, 6.45) is 9.61. The number of anilines is 1. The van der Waals surface area contributed by atoms with Crippen molar-refractivity contribution >= 4 is 11.7 Å². The van der Waals surface area contributed by atoms with Gasteiger partial charge < -0.3 is 15.4 Å². The van der Waals surface area contributed by atoms with Crippen LogP contribution in [-0.4, -0.2) is 44.0 Å². The number of nitrogens with zero attached hydrogens (tertiary/aromatic N) is 6. The molecule has 3 aromatic heterocycles. The molecule has 1 amide bonds. The largest absolute Gasteiger partial charge is 0.493 e. The lowest BCUT2D eigenvalue weighted by atomic mass is 9.99. The number of primary amides is 1. The normalized spacial score (nSPS) is 15.1. The van der Waals surface area contributed by atoms with Crippen LogP contribution in [0.5, 0.6) is 5.75 Å². The fraction of sp³-hybridized carbons (Fsp3) is 0.417. The number of hydrogen-bond donors (Lipinski definition) is 1. The maximum atomic E-state index is 14.3. The van der Waals surface area contributed by atoms with Gasteiger partial charge >= 0.3 is 0 Å². The quantitative estimate of drug-likeness (QED) is 0.357. The fourth-order valence-electron chi connectivity index (χ4n) is 4.03. The highest BCUT2D eigenvalue weighted by Crippen LogP contribution is 2.33. The number of unbranched alkanes of at least 4 members (excludes halogenated alkanes) is 3.